The van der Waals surface area contributed by atoms with Crippen molar-refractivity contribution in [1.29, 1.82) is 0 Å². The van der Waals surface area contributed by atoms with Gasteiger partial charge in [-0.1, -0.05) is 0 Å². The van der Waals surface area contributed by atoms with Crippen molar-refractivity contribution in [3.05, 3.63) is 0 Å². The highest BCUT2D eigenvalue weighted by atomic mass is 19.4. The lowest BCUT2D eigenvalue weighted by atomic mass is 9.95. The second kappa shape index (κ2) is 4.04. The average Bonchev–Trinajstić information content (AvgIpc) is 2.46. The molecule has 7 heteroatoms. The quantitative estimate of drug-likeness (QED) is 0.629. The number of hydrogen-bond acceptors (Lipinski definition) is 2. The Morgan fingerprint density at radius 1 is 1.50 bits per heavy atom. The van der Waals surface area contributed by atoms with Crippen LogP contribution in [0.1, 0.15) is 0 Å². The zero-order valence-electron chi connectivity index (χ0n) is 7.27. The molecule has 14 heavy (non-hydrogen) atoms. The molecule has 1 fully saturated rings. The van der Waals surface area contributed by atoms with Crippen molar-refractivity contribution in [3.63, 3.8) is 0 Å². The Labute approximate surface area is 78.5 Å². The maximum atomic E-state index is 12.3. The predicted molar refractivity (Wildman–Crippen MR) is 41.9 cm³/mol. The van der Waals surface area contributed by atoms with Crippen molar-refractivity contribution in [2.45, 2.75) is 6.18 Å². The van der Waals surface area contributed by atoms with Crippen molar-refractivity contribution >= 4 is 6.09 Å². The van der Waals surface area contributed by atoms with Gasteiger partial charge in [0.25, 0.3) is 0 Å². The molecule has 1 aliphatic heterocycles. The Hall–Kier alpha value is -0.980. The molecule has 1 saturated heterocycles. The van der Waals surface area contributed by atoms with Crippen LogP contribution in [0.3, 0.4) is 0 Å². The molecule has 0 aromatic heterocycles. The SMILES string of the molecule is O=C(O)NC[C@@H]1CNC[C@H]1C(F)(F)F. The summed E-state index contributed by atoms with van der Waals surface area (Å²) in [5, 5.41) is 12.8. The summed E-state index contributed by atoms with van der Waals surface area (Å²) in [5.41, 5.74) is 0. The molecule has 1 heterocycles. The van der Waals surface area contributed by atoms with Gasteiger partial charge in [0.2, 0.25) is 0 Å². The van der Waals surface area contributed by atoms with Crippen LogP contribution in [0.15, 0.2) is 0 Å². The Morgan fingerprint density at radius 3 is 2.64 bits per heavy atom. The standard InChI is InChI=1S/C7H11F3N2O2/c8-7(9,10)5-3-11-1-4(5)2-12-6(13)14/h4-5,11-12H,1-3H2,(H,13,14)/t4-,5+/m0/s1. The molecule has 1 rings (SSSR count). The van der Waals surface area contributed by atoms with Gasteiger partial charge in [-0.25, -0.2) is 4.79 Å². The van der Waals surface area contributed by atoms with E-state index in [1.54, 1.807) is 0 Å². The van der Waals surface area contributed by atoms with Crippen LogP contribution in [-0.4, -0.2) is 37.0 Å². The van der Waals surface area contributed by atoms with Crippen LogP contribution in [0, 0.1) is 11.8 Å². The molecular weight excluding hydrogens is 201 g/mol. The normalized spacial score (nSPS) is 27.6. The third-order valence-electron chi connectivity index (χ3n) is 2.28. The molecule has 0 unspecified atom stereocenters. The van der Waals surface area contributed by atoms with Crippen molar-refractivity contribution in [2.75, 3.05) is 19.6 Å². The largest absolute Gasteiger partial charge is 0.465 e. The number of alkyl halides is 3. The van der Waals surface area contributed by atoms with Gasteiger partial charge in [-0.15, -0.1) is 0 Å². The lowest BCUT2D eigenvalue weighted by Gasteiger charge is -2.20. The van der Waals surface area contributed by atoms with Gasteiger partial charge in [-0.3, -0.25) is 0 Å². The fourth-order valence-corrected chi connectivity index (χ4v) is 1.55. The predicted octanol–water partition coefficient (Wildman–Crippen LogP) is 0.652. The molecule has 0 saturated carbocycles. The van der Waals surface area contributed by atoms with Crippen LogP contribution in [0.25, 0.3) is 0 Å². The van der Waals surface area contributed by atoms with Crippen molar-refractivity contribution < 1.29 is 23.1 Å². The highest BCUT2D eigenvalue weighted by Gasteiger charge is 2.46. The van der Waals surface area contributed by atoms with Crippen molar-refractivity contribution in [1.82, 2.24) is 10.6 Å². The fourth-order valence-electron chi connectivity index (χ4n) is 1.55. The van der Waals surface area contributed by atoms with Crippen LogP contribution in [-0.2, 0) is 0 Å². The lowest BCUT2D eigenvalue weighted by Crippen LogP contribution is -2.37. The van der Waals surface area contributed by atoms with Crippen LogP contribution in [0.4, 0.5) is 18.0 Å². The zero-order chi connectivity index (χ0) is 10.8. The molecule has 0 aromatic rings. The number of carbonyl (C=O) groups is 1. The molecule has 3 N–H and O–H groups in total. The first kappa shape index (κ1) is 11.1. The van der Waals surface area contributed by atoms with E-state index >= 15 is 0 Å². The van der Waals surface area contributed by atoms with E-state index in [2.05, 4.69) is 5.32 Å². The first-order valence-electron chi connectivity index (χ1n) is 4.15. The van der Waals surface area contributed by atoms with E-state index in [9.17, 15) is 18.0 Å². The molecule has 82 valence electrons. The maximum Gasteiger partial charge on any atom is 0.404 e. The topological polar surface area (TPSA) is 61.4 Å². The summed E-state index contributed by atoms with van der Waals surface area (Å²) in [6.07, 6.45) is -5.55. The highest BCUT2D eigenvalue weighted by Crippen LogP contribution is 2.33. The van der Waals surface area contributed by atoms with Crippen LogP contribution >= 0.6 is 0 Å². The van der Waals surface area contributed by atoms with Crippen LogP contribution < -0.4 is 10.6 Å². The minimum atomic E-state index is -4.26. The lowest BCUT2D eigenvalue weighted by molar-refractivity contribution is -0.178. The van der Waals surface area contributed by atoms with Crippen LogP contribution in [0.2, 0.25) is 0 Å². The Kier molecular flexibility index (Phi) is 3.20. The highest BCUT2D eigenvalue weighted by molar-refractivity contribution is 5.64. The van der Waals surface area contributed by atoms with E-state index < -0.39 is 24.1 Å². The van der Waals surface area contributed by atoms with Gasteiger partial charge in [0.05, 0.1) is 5.92 Å². The molecule has 0 spiro atoms. The first-order valence-corrected chi connectivity index (χ1v) is 4.15. The van der Waals surface area contributed by atoms with E-state index in [-0.39, 0.29) is 19.6 Å². The van der Waals surface area contributed by atoms with Crippen LogP contribution in [0.5, 0.6) is 0 Å². The van der Waals surface area contributed by atoms with Crippen molar-refractivity contribution in [3.8, 4) is 0 Å². The van der Waals surface area contributed by atoms with Gasteiger partial charge in [0.15, 0.2) is 0 Å². The van der Waals surface area contributed by atoms with E-state index in [4.69, 9.17) is 5.11 Å². The second-order valence-electron chi connectivity index (χ2n) is 3.25. The smallest absolute Gasteiger partial charge is 0.404 e. The molecule has 0 bridgehead atoms. The molecule has 0 radical (unpaired) electrons. The molecule has 2 atom stereocenters. The summed E-state index contributed by atoms with van der Waals surface area (Å²) in [6.45, 7) is -0.0908. The summed E-state index contributed by atoms with van der Waals surface area (Å²) in [7, 11) is 0. The number of amides is 1. The minimum absolute atomic E-state index is 0.129. The molecule has 0 aliphatic carbocycles. The number of halogens is 3. The molecule has 1 amide bonds. The Bertz CT molecular complexity index is 219. The van der Waals surface area contributed by atoms with E-state index in [1.165, 1.54) is 0 Å². The first-order chi connectivity index (χ1) is 6.41. The van der Waals surface area contributed by atoms with Gasteiger partial charge in [-0.2, -0.15) is 13.2 Å². The maximum absolute atomic E-state index is 12.3. The van der Waals surface area contributed by atoms with Crippen molar-refractivity contribution in [2.24, 2.45) is 11.8 Å². The van der Waals surface area contributed by atoms with E-state index in [0.29, 0.717) is 0 Å². The van der Waals surface area contributed by atoms with Gasteiger partial charge in [-0.05, 0) is 0 Å². The summed E-state index contributed by atoms with van der Waals surface area (Å²) < 4.78 is 37.0. The summed E-state index contributed by atoms with van der Waals surface area (Å²) in [6, 6.07) is 0. The summed E-state index contributed by atoms with van der Waals surface area (Å²) in [4.78, 5) is 10.1. The zero-order valence-corrected chi connectivity index (χ0v) is 7.27. The third-order valence-corrected chi connectivity index (χ3v) is 2.28. The van der Waals surface area contributed by atoms with Gasteiger partial charge >= 0.3 is 12.3 Å². The summed E-state index contributed by atoms with van der Waals surface area (Å²) >= 11 is 0. The van der Waals surface area contributed by atoms with Gasteiger partial charge in [0.1, 0.15) is 0 Å². The minimum Gasteiger partial charge on any atom is -0.465 e. The number of carboxylic acid groups (broad SMARTS) is 1. The molecule has 4 nitrogen and oxygen atoms in total. The number of nitrogens with one attached hydrogen (secondary N) is 2. The van der Waals surface area contributed by atoms with E-state index in [1.807, 2.05) is 5.32 Å². The second-order valence-corrected chi connectivity index (χ2v) is 3.25. The monoisotopic (exact) mass is 212 g/mol. The summed E-state index contributed by atoms with van der Waals surface area (Å²) in [5.74, 6) is -2.15. The Balaban J connectivity index is 2.47. The fraction of sp³-hybridized carbons (Fsp3) is 0.857. The van der Waals surface area contributed by atoms with E-state index in [0.717, 1.165) is 0 Å². The number of rotatable bonds is 2. The average molecular weight is 212 g/mol. The Morgan fingerprint density at radius 2 is 2.14 bits per heavy atom. The molecule has 0 aromatic carbocycles. The van der Waals surface area contributed by atoms with Gasteiger partial charge in [0, 0.05) is 25.6 Å². The number of hydrogen-bond donors (Lipinski definition) is 3. The molecular formula is C7H11F3N2O2. The van der Waals surface area contributed by atoms with Gasteiger partial charge < -0.3 is 15.7 Å². The third kappa shape index (κ3) is 2.76. The molecule has 1 aliphatic rings.